The summed E-state index contributed by atoms with van der Waals surface area (Å²) >= 11 is 5.95. The van der Waals surface area contributed by atoms with Crippen molar-refractivity contribution in [2.45, 2.75) is 11.8 Å². The van der Waals surface area contributed by atoms with Crippen LogP contribution in [0.15, 0.2) is 81.9 Å². The minimum Gasteiger partial charge on any atom is -0.505 e. The summed E-state index contributed by atoms with van der Waals surface area (Å²) in [5.41, 5.74) is 0.419. The summed E-state index contributed by atoms with van der Waals surface area (Å²) < 4.78 is 38.7. The van der Waals surface area contributed by atoms with Gasteiger partial charge in [0.1, 0.15) is 22.0 Å². The second-order valence-corrected chi connectivity index (χ2v) is 9.57. The fraction of sp³-hybridized carbons (Fsp3) is 0.0800. The first kappa shape index (κ1) is 25.1. The summed E-state index contributed by atoms with van der Waals surface area (Å²) in [4.78, 5) is 12.6. The van der Waals surface area contributed by atoms with Gasteiger partial charge in [0.15, 0.2) is 5.75 Å². The molecule has 0 aliphatic carbocycles. The molecule has 0 aliphatic rings. The van der Waals surface area contributed by atoms with E-state index >= 15 is 0 Å². The van der Waals surface area contributed by atoms with Gasteiger partial charge in [0.05, 0.1) is 18.4 Å². The highest BCUT2D eigenvalue weighted by molar-refractivity contribution is 7.86. The van der Waals surface area contributed by atoms with E-state index in [2.05, 4.69) is 15.5 Å². The number of anilines is 1. The molecule has 0 bridgehead atoms. The second kappa shape index (κ2) is 9.94. The molecule has 184 valence electrons. The number of rotatable bonds is 6. The maximum atomic E-state index is 13.1. The molecule has 11 heteroatoms. The summed E-state index contributed by atoms with van der Waals surface area (Å²) in [5.74, 6) is -0.660. The van der Waals surface area contributed by atoms with Crippen molar-refractivity contribution in [3.8, 4) is 11.5 Å². The topological polar surface area (TPSA) is 138 Å². The van der Waals surface area contributed by atoms with Crippen LogP contribution in [0, 0.1) is 6.92 Å². The van der Waals surface area contributed by atoms with Crippen molar-refractivity contribution in [1.29, 1.82) is 0 Å². The zero-order valence-corrected chi connectivity index (χ0v) is 20.6. The number of amides is 1. The van der Waals surface area contributed by atoms with E-state index in [-0.39, 0.29) is 22.0 Å². The number of carbonyl (C=O) groups excluding carboxylic acids is 1. The first-order valence-corrected chi connectivity index (χ1v) is 12.3. The van der Waals surface area contributed by atoms with E-state index in [1.54, 1.807) is 55.5 Å². The molecule has 4 aromatic rings. The SMILES string of the molecule is COc1ccccc1NC(=O)c1cc2ccccc2c(N=Nc2c(C)cc(Cl)cc2S(=O)(=O)O)c1O. The van der Waals surface area contributed by atoms with Gasteiger partial charge in [-0.1, -0.05) is 48.0 Å². The van der Waals surface area contributed by atoms with Crippen LogP contribution in [0.25, 0.3) is 10.8 Å². The molecular formula is C25H20ClN3O6S. The first-order valence-electron chi connectivity index (χ1n) is 10.5. The number of phenolic OH excluding ortho intramolecular Hbond substituents is 1. The molecule has 0 fully saturated rings. The van der Waals surface area contributed by atoms with Crippen LogP contribution >= 0.6 is 11.6 Å². The lowest BCUT2D eigenvalue weighted by Gasteiger charge is -2.13. The van der Waals surface area contributed by atoms with E-state index in [1.807, 2.05) is 0 Å². The van der Waals surface area contributed by atoms with Crippen molar-refractivity contribution in [3.05, 3.63) is 82.9 Å². The number of hydrogen-bond donors (Lipinski definition) is 3. The largest absolute Gasteiger partial charge is 0.505 e. The number of phenols is 1. The number of nitrogens with one attached hydrogen (secondary N) is 1. The van der Waals surface area contributed by atoms with Crippen LogP contribution in [-0.4, -0.2) is 31.1 Å². The standard InChI is InChI=1S/C25H20ClN3O6S/c1-14-11-16(26)13-21(36(32,33)34)22(14)28-29-23-17-8-4-3-7-15(17)12-18(24(23)30)25(31)27-19-9-5-6-10-20(19)35-2/h3-13,30H,1-2H3,(H,27,31)(H,32,33,34). The van der Waals surface area contributed by atoms with Crippen LogP contribution in [0.1, 0.15) is 15.9 Å². The molecule has 0 heterocycles. The Kier molecular flexibility index (Phi) is 6.93. The number of fused-ring (bicyclic) bond motifs is 1. The molecule has 0 radical (unpaired) electrons. The third-order valence-electron chi connectivity index (χ3n) is 5.35. The quantitative estimate of drug-likeness (QED) is 0.196. The molecule has 3 N–H and O–H groups in total. The normalized spacial score (nSPS) is 11.7. The number of methoxy groups -OCH3 is 1. The van der Waals surface area contributed by atoms with E-state index in [0.717, 1.165) is 6.07 Å². The van der Waals surface area contributed by atoms with Crippen LogP contribution in [0.2, 0.25) is 5.02 Å². The van der Waals surface area contributed by atoms with Crippen molar-refractivity contribution < 1.29 is 27.6 Å². The summed E-state index contributed by atoms with van der Waals surface area (Å²) in [6.07, 6.45) is 0. The van der Waals surface area contributed by atoms with Gasteiger partial charge in [0, 0.05) is 10.4 Å². The molecule has 0 aliphatic heterocycles. The van der Waals surface area contributed by atoms with E-state index in [9.17, 15) is 22.9 Å². The van der Waals surface area contributed by atoms with E-state index in [0.29, 0.717) is 27.8 Å². The van der Waals surface area contributed by atoms with E-state index in [4.69, 9.17) is 16.3 Å². The van der Waals surface area contributed by atoms with Gasteiger partial charge in [-0.2, -0.15) is 8.42 Å². The maximum absolute atomic E-state index is 13.1. The number of hydrogen-bond acceptors (Lipinski definition) is 7. The highest BCUT2D eigenvalue weighted by Crippen LogP contribution is 2.41. The van der Waals surface area contributed by atoms with Crippen LogP contribution in [0.5, 0.6) is 11.5 Å². The third kappa shape index (κ3) is 5.01. The third-order valence-corrected chi connectivity index (χ3v) is 6.44. The fourth-order valence-corrected chi connectivity index (χ4v) is 4.72. The van der Waals surface area contributed by atoms with Gasteiger partial charge in [-0.15, -0.1) is 10.2 Å². The number of ether oxygens (including phenoxy) is 1. The molecule has 4 aromatic carbocycles. The Labute approximate surface area is 211 Å². The minimum absolute atomic E-state index is 0.0612. The van der Waals surface area contributed by atoms with Crippen molar-refractivity contribution in [2.75, 3.05) is 12.4 Å². The Morgan fingerprint density at radius 1 is 1.00 bits per heavy atom. The van der Waals surface area contributed by atoms with Gasteiger partial charge >= 0.3 is 0 Å². The van der Waals surface area contributed by atoms with Crippen LogP contribution in [0.3, 0.4) is 0 Å². The van der Waals surface area contributed by atoms with Gasteiger partial charge in [-0.3, -0.25) is 9.35 Å². The van der Waals surface area contributed by atoms with Crippen molar-refractivity contribution in [2.24, 2.45) is 10.2 Å². The molecule has 0 aromatic heterocycles. The number of nitrogens with zero attached hydrogens (tertiary/aromatic N) is 2. The van der Waals surface area contributed by atoms with Gasteiger partial charge in [-0.05, 0) is 48.2 Å². The van der Waals surface area contributed by atoms with Gasteiger partial charge in [-0.25, -0.2) is 0 Å². The molecular weight excluding hydrogens is 506 g/mol. The first-order chi connectivity index (χ1) is 17.1. The average Bonchev–Trinajstić information content (AvgIpc) is 2.83. The Hall–Kier alpha value is -3.99. The summed E-state index contributed by atoms with van der Waals surface area (Å²) in [6, 6.07) is 17.7. The lowest BCUT2D eigenvalue weighted by atomic mass is 10.0. The number of aromatic hydroxyl groups is 1. The van der Waals surface area contributed by atoms with E-state index in [1.165, 1.54) is 19.2 Å². The smallest absolute Gasteiger partial charge is 0.296 e. The Bertz CT molecular complexity index is 1640. The zero-order valence-electron chi connectivity index (χ0n) is 19.1. The Balaban J connectivity index is 1.86. The number of halogens is 1. The number of benzene rings is 4. The van der Waals surface area contributed by atoms with Crippen LogP contribution in [-0.2, 0) is 10.1 Å². The molecule has 4 rings (SSSR count). The highest BCUT2D eigenvalue weighted by atomic mass is 35.5. The monoisotopic (exact) mass is 525 g/mol. The van der Waals surface area contributed by atoms with Crippen LogP contribution in [0.4, 0.5) is 17.1 Å². The average molecular weight is 526 g/mol. The minimum atomic E-state index is -4.67. The fourth-order valence-electron chi connectivity index (χ4n) is 3.66. The zero-order chi connectivity index (χ0) is 26.0. The molecule has 0 unspecified atom stereocenters. The van der Waals surface area contributed by atoms with E-state index < -0.39 is 26.7 Å². The lowest BCUT2D eigenvalue weighted by molar-refractivity contribution is 0.102. The van der Waals surface area contributed by atoms with Gasteiger partial charge in [0.2, 0.25) is 0 Å². The molecule has 1 amide bonds. The molecule has 0 saturated carbocycles. The summed E-state index contributed by atoms with van der Waals surface area (Å²) in [5, 5.41) is 23.0. The van der Waals surface area contributed by atoms with Crippen molar-refractivity contribution >= 4 is 55.5 Å². The predicted molar refractivity (Wildman–Crippen MR) is 137 cm³/mol. The highest BCUT2D eigenvalue weighted by Gasteiger charge is 2.21. The van der Waals surface area contributed by atoms with Gasteiger partial charge in [0.25, 0.3) is 16.0 Å². The molecule has 9 nitrogen and oxygen atoms in total. The van der Waals surface area contributed by atoms with Crippen LogP contribution < -0.4 is 10.1 Å². The summed E-state index contributed by atoms with van der Waals surface area (Å²) in [7, 11) is -3.21. The van der Waals surface area contributed by atoms with Gasteiger partial charge < -0.3 is 15.2 Å². The van der Waals surface area contributed by atoms with Crippen molar-refractivity contribution in [1.82, 2.24) is 0 Å². The molecule has 0 spiro atoms. The second-order valence-electron chi connectivity index (χ2n) is 7.74. The predicted octanol–water partition coefficient (Wildman–Crippen LogP) is 6.43. The number of azo groups is 1. The Morgan fingerprint density at radius 3 is 2.39 bits per heavy atom. The van der Waals surface area contributed by atoms with Crippen molar-refractivity contribution in [3.63, 3.8) is 0 Å². The Morgan fingerprint density at radius 2 is 1.67 bits per heavy atom. The summed E-state index contributed by atoms with van der Waals surface area (Å²) in [6.45, 7) is 1.55. The molecule has 0 saturated heterocycles. The molecule has 0 atom stereocenters. The molecule has 36 heavy (non-hydrogen) atoms. The number of aryl methyl sites for hydroxylation is 1. The lowest BCUT2D eigenvalue weighted by Crippen LogP contribution is -2.13. The number of carbonyl (C=O) groups is 1. The number of para-hydroxylation sites is 2. The maximum Gasteiger partial charge on any atom is 0.296 e.